The van der Waals surface area contributed by atoms with E-state index in [1.807, 2.05) is 25.1 Å². The van der Waals surface area contributed by atoms with Crippen molar-refractivity contribution < 1.29 is 22.7 Å². The standard InChI is InChI=1S/C20H25N3O5S/c1-14-9-10-17(29(26,27)23(4)5)12-18(14)21-19(24)13-28-20(25)15-7-6-8-16(11-15)22(2)3/h6-12H,13H2,1-5H3,(H,21,24). The number of anilines is 2. The van der Waals surface area contributed by atoms with Gasteiger partial charge in [-0.3, -0.25) is 4.79 Å². The minimum atomic E-state index is -3.63. The van der Waals surface area contributed by atoms with Crippen LogP contribution in [-0.2, 0) is 19.6 Å². The number of ether oxygens (including phenoxy) is 1. The molecule has 2 aromatic rings. The van der Waals surface area contributed by atoms with Crippen LogP contribution >= 0.6 is 0 Å². The molecule has 0 aliphatic heterocycles. The van der Waals surface area contributed by atoms with Crippen LogP contribution in [0.5, 0.6) is 0 Å². The predicted molar refractivity (Wildman–Crippen MR) is 112 cm³/mol. The molecule has 0 atom stereocenters. The van der Waals surface area contributed by atoms with Gasteiger partial charge in [-0.05, 0) is 42.8 Å². The molecule has 2 aromatic carbocycles. The van der Waals surface area contributed by atoms with Crippen molar-refractivity contribution in [3.05, 3.63) is 53.6 Å². The van der Waals surface area contributed by atoms with Crippen molar-refractivity contribution >= 4 is 33.3 Å². The summed E-state index contributed by atoms with van der Waals surface area (Å²) in [4.78, 5) is 26.3. The first-order valence-electron chi connectivity index (χ1n) is 8.80. The molecule has 0 bridgehead atoms. The van der Waals surface area contributed by atoms with Crippen molar-refractivity contribution in [1.82, 2.24) is 4.31 Å². The summed E-state index contributed by atoms with van der Waals surface area (Å²) in [7, 11) is 2.93. The maximum atomic E-state index is 12.3. The number of hydrogen-bond acceptors (Lipinski definition) is 6. The van der Waals surface area contributed by atoms with Gasteiger partial charge < -0.3 is 15.0 Å². The van der Waals surface area contributed by atoms with Gasteiger partial charge in [0.25, 0.3) is 5.91 Å². The first kappa shape index (κ1) is 22.4. The molecule has 0 spiro atoms. The first-order chi connectivity index (χ1) is 13.5. The van der Waals surface area contributed by atoms with Gasteiger partial charge in [0.1, 0.15) is 0 Å². The molecule has 1 amide bonds. The molecule has 156 valence electrons. The van der Waals surface area contributed by atoms with Crippen LogP contribution in [0.25, 0.3) is 0 Å². The number of esters is 1. The summed E-state index contributed by atoms with van der Waals surface area (Å²) in [6, 6.07) is 11.3. The molecule has 0 fully saturated rings. The highest BCUT2D eigenvalue weighted by Gasteiger charge is 2.19. The number of hydrogen-bond donors (Lipinski definition) is 1. The lowest BCUT2D eigenvalue weighted by Gasteiger charge is -2.15. The van der Waals surface area contributed by atoms with Gasteiger partial charge in [-0.2, -0.15) is 0 Å². The van der Waals surface area contributed by atoms with E-state index in [4.69, 9.17) is 4.74 Å². The molecule has 29 heavy (non-hydrogen) atoms. The zero-order valence-corrected chi connectivity index (χ0v) is 17.9. The Morgan fingerprint density at radius 1 is 1.03 bits per heavy atom. The summed E-state index contributed by atoms with van der Waals surface area (Å²) in [5.41, 5.74) is 2.18. The van der Waals surface area contributed by atoms with Gasteiger partial charge >= 0.3 is 5.97 Å². The summed E-state index contributed by atoms with van der Waals surface area (Å²) in [5.74, 6) is -1.19. The number of aryl methyl sites for hydroxylation is 1. The highest BCUT2D eigenvalue weighted by atomic mass is 32.2. The third-order valence-corrected chi connectivity index (χ3v) is 6.01. The van der Waals surface area contributed by atoms with E-state index in [9.17, 15) is 18.0 Å². The second kappa shape index (κ2) is 9.06. The van der Waals surface area contributed by atoms with Crippen LogP contribution in [0, 0.1) is 6.92 Å². The Balaban J connectivity index is 2.06. The normalized spacial score (nSPS) is 11.2. The first-order valence-corrected chi connectivity index (χ1v) is 10.2. The molecule has 0 aromatic heterocycles. The van der Waals surface area contributed by atoms with E-state index in [1.54, 1.807) is 31.2 Å². The lowest BCUT2D eigenvalue weighted by atomic mass is 10.2. The van der Waals surface area contributed by atoms with Crippen LogP contribution in [-0.4, -0.2) is 59.4 Å². The molecular weight excluding hydrogens is 394 g/mol. The molecule has 0 saturated carbocycles. The fourth-order valence-corrected chi connectivity index (χ4v) is 3.35. The van der Waals surface area contributed by atoms with E-state index in [0.29, 0.717) is 16.8 Å². The van der Waals surface area contributed by atoms with Crippen LogP contribution in [0.1, 0.15) is 15.9 Å². The number of sulfonamides is 1. The number of nitrogens with zero attached hydrogens (tertiary/aromatic N) is 2. The highest BCUT2D eigenvalue weighted by Crippen LogP contribution is 2.22. The fraction of sp³-hybridized carbons (Fsp3) is 0.300. The average Bonchev–Trinajstić information content (AvgIpc) is 2.67. The topological polar surface area (TPSA) is 96.0 Å². The summed E-state index contributed by atoms with van der Waals surface area (Å²) in [5, 5.41) is 2.59. The van der Waals surface area contributed by atoms with E-state index < -0.39 is 28.5 Å². The molecule has 0 radical (unpaired) electrons. The molecule has 0 saturated heterocycles. The molecule has 0 aliphatic rings. The zero-order chi connectivity index (χ0) is 21.8. The van der Waals surface area contributed by atoms with Crippen LogP contribution in [0.4, 0.5) is 11.4 Å². The van der Waals surface area contributed by atoms with E-state index in [1.165, 1.54) is 26.2 Å². The lowest BCUT2D eigenvalue weighted by molar-refractivity contribution is -0.119. The van der Waals surface area contributed by atoms with Crippen molar-refractivity contribution in [3.63, 3.8) is 0 Å². The summed E-state index contributed by atoms with van der Waals surface area (Å²) in [6.07, 6.45) is 0. The van der Waals surface area contributed by atoms with E-state index in [-0.39, 0.29) is 4.90 Å². The summed E-state index contributed by atoms with van der Waals surface area (Å²) in [6.45, 7) is 1.25. The Morgan fingerprint density at radius 3 is 2.34 bits per heavy atom. The maximum absolute atomic E-state index is 12.3. The van der Waals surface area contributed by atoms with Gasteiger partial charge in [0.2, 0.25) is 10.0 Å². The van der Waals surface area contributed by atoms with Gasteiger partial charge in [0, 0.05) is 39.6 Å². The average molecular weight is 420 g/mol. The number of nitrogens with one attached hydrogen (secondary N) is 1. The molecule has 9 heteroatoms. The van der Waals surface area contributed by atoms with Gasteiger partial charge in [0.15, 0.2) is 6.61 Å². The number of carbonyl (C=O) groups is 2. The van der Waals surface area contributed by atoms with Crippen LogP contribution in [0.2, 0.25) is 0 Å². The predicted octanol–water partition coefficient (Wildman–Crippen LogP) is 2.11. The van der Waals surface area contributed by atoms with Crippen molar-refractivity contribution in [2.75, 3.05) is 45.0 Å². The van der Waals surface area contributed by atoms with Crippen molar-refractivity contribution in [2.24, 2.45) is 0 Å². The summed E-state index contributed by atoms with van der Waals surface area (Å²) < 4.78 is 30.7. The second-order valence-electron chi connectivity index (χ2n) is 6.83. The quantitative estimate of drug-likeness (QED) is 0.691. The Hall–Kier alpha value is -2.91. The largest absolute Gasteiger partial charge is 0.452 e. The molecule has 0 unspecified atom stereocenters. The minimum Gasteiger partial charge on any atom is -0.452 e. The Labute approximate surface area is 171 Å². The Kier molecular flexibility index (Phi) is 6.99. The van der Waals surface area contributed by atoms with Gasteiger partial charge in [-0.25, -0.2) is 17.5 Å². The van der Waals surface area contributed by atoms with Crippen molar-refractivity contribution in [1.29, 1.82) is 0 Å². The molecular formula is C20H25N3O5S. The smallest absolute Gasteiger partial charge is 0.338 e. The van der Waals surface area contributed by atoms with Crippen molar-refractivity contribution in [2.45, 2.75) is 11.8 Å². The van der Waals surface area contributed by atoms with E-state index >= 15 is 0 Å². The van der Waals surface area contributed by atoms with Gasteiger partial charge in [0.05, 0.1) is 10.5 Å². The highest BCUT2D eigenvalue weighted by molar-refractivity contribution is 7.89. The van der Waals surface area contributed by atoms with Crippen LogP contribution < -0.4 is 10.2 Å². The zero-order valence-electron chi connectivity index (χ0n) is 17.1. The van der Waals surface area contributed by atoms with E-state index in [2.05, 4.69) is 5.32 Å². The molecule has 0 aliphatic carbocycles. The van der Waals surface area contributed by atoms with Gasteiger partial charge in [-0.1, -0.05) is 12.1 Å². The van der Waals surface area contributed by atoms with Crippen molar-refractivity contribution in [3.8, 4) is 0 Å². The SMILES string of the molecule is Cc1ccc(S(=O)(=O)N(C)C)cc1NC(=O)COC(=O)c1cccc(N(C)C)c1. The molecule has 2 rings (SSSR count). The molecule has 1 N–H and O–H groups in total. The van der Waals surface area contributed by atoms with Crippen LogP contribution in [0.15, 0.2) is 47.4 Å². The minimum absolute atomic E-state index is 0.0564. The Bertz CT molecular complexity index is 1020. The third-order valence-electron chi connectivity index (χ3n) is 4.19. The molecule has 8 nitrogen and oxygen atoms in total. The van der Waals surface area contributed by atoms with Gasteiger partial charge in [-0.15, -0.1) is 0 Å². The monoisotopic (exact) mass is 419 g/mol. The number of carbonyl (C=O) groups excluding carboxylic acids is 2. The number of benzene rings is 2. The number of rotatable bonds is 7. The van der Waals surface area contributed by atoms with E-state index in [0.717, 1.165) is 9.99 Å². The molecule has 0 heterocycles. The maximum Gasteiger partial charge on any atom is 0.338 e. The number of amides is 1. The summed E-state index contributed by atoms with van der Waals surface area (Å²) >= 11 is 0. The Morgan fingerprint density at radius 2 is 1.72 bits per heavy atom. The lowest BCUT2D eigenvalue weighted by Crippen LogP contribution is -2.23. The fourth-order valence-electron chi connectivity index (χ4n) is 2.42. The second-order valence-corrected chi connectivity index (χ2v) is 8.99. The van der Waals surface area contributed by atoms with Crippen LogP contribution in [0.3, 0.4) is 0 Å². The third kappa shape index (κ3) is 5.55.